The van der Waals surface area contributed by atoms with E-state index in [9.17, 15) is 9.59 Å². The van der Waals surface area contributed by atoms with Crippen molar-refractivity contribution in [3.05, 3.63) is 23.8 Å². The second-order valence-corrected chi connectivity index (χ2v) is 6.09. The molecule has 0 spiro atoms. The largest absolute Gasteiger partial charge is 0.497 e. The molecule has 1 aliphatic heterocycles. The lowest BCUT2D eigenvalue weighted by Gasteiger charge is -2.26. The molecule has 1 heterocycles. The highest BCUT2D eigenvalue weighted by Gasteiger charge is 2.31. The highest BCUT2D eigenvalue weighted by Crippen LogP contribution is 2.30. The van der Waals surface area contributed by atoms with Gasteiger partial charge in [0.2, 0.25) is 5.91 Å². The van der Waals surface area contributed by atoms with Crippen LogP contribution in [0.15, 0.2) is 18.2 Å². The van der Waals surface area contributed by atoms with Crippen LogP contribution in [0.25, 0.3) is 0 Å². The summed E-state index contributed by atoms with van der Waals surface area (Å²) in [4.78, 5) is 23.3. The zero-order chi connectivity index (χ0) is 16.3. The fourth-order valence-corrected chi connectivity index (χ4v) is 2.19. The monoisotopic (exact) mass is 307 g/mol. The summed E-state index contributed by atoms with van der Waals surface area (Å²) in [7, 11) is 1.59. The molecule has 0 aliphatic carbocycles. The van der Waals surface area contributed by atoms with Crippen molar-refractivity contribution in [3.8, 4) is 11.5 Å². The van der Waals surface area contributed by atoms with Gasteiger partial charge in [0, 0.05) is 6.54 Å². The van der Waals surface area contributed by atoms with E-state index in [-0.39, 0.29) is 18.4 Å². The summed E-state index contributed by atoms with van der Waals surface area (Å²) in [6.45, 7) is 3.53. The molecule has 0 aromatic heterocycles. The van der Waals surface area contributed by atoms with Gasteiger partial charge in [-0.1, -0.05) is 0 Å². The Morgan fingerprint density at radius 3 is 2.82 bits per heavy atom. The average molecular weight is 307 g/mol. The minimum absolute atomic E-state index is 0.0859. The van der Waals surface area contributed by atoms with E-state index in [0.29, 0.717) is 13.0 Å². The Bertz CT molecular complexity index is 582. The number of carboxylic acids is 1. The molecule has 1 atom stereocenters. The normalized spacial score (nSPS) is 17.1. The second kappa shape index (κ2) is 6.25. The summed E-state index contributed by atoms with van der Waals surface area (Å²) in [5.74, 6) is 0.0147. The first-order valence-corrected chi connectivity index (χ1v) is 7.14. The van der Waals surface area contributed by atoms with Gasteiger partial charge in [0.1, 0.15) is 18.1 Å². The fourth-order valence-electron chi connectivity index (χ4n) is 2.19. The number of benzene rings is 1. The van der Waals surface area contributed by atoms with Gasteiger partial charge in [-0.25, -0.2) is 0 Å². The smallest absolute Gasteiger partial charge is 0.310 e. The molecule has 0 fully saturated rings. The third-order valence-corrected chi connectivity index (χ3v) is 3.83. The summed E-state index contributed by atoms with van der Waals surface area (Å²) in [5.41, 5.74) is -0.0741. The molecule has 1 aliphatic rings. The molecule has 1 amide bonds. The molecule has 6 nitrogen and oxygen atoms in total. The molecule has 1 unspecified atom stereocenters. The highest BCUT2D eigenvalue weighted by molar-refractivity contribution is 5.81. The lowest BCUT2D eigenvalue weighted by atomic mass is 9.92. The van der Waals surface area contributed by atoms with Crippen molar-refractivity contribution < 1.29 is 24.2 Å². The van der Waals surface area contributed by atoms with Crippen LogP contribution < -0.4 is 14.8 Å². The number of hydrogen-bond donors (Lipinski definition) is 2. The van der Waals surface area contributed by atoms with Gasteiger partial charge in [0.15, 0.2) is 0 Å². The first-order chi connectivity index (χ1) is 10.3. The molecule has 0 saturated carbocycles. The Kier molecular flexibility index (Phi) is 4.59. The number of nitrogens with one attached hydrogen (secondary N) is 1. The van der Waals surface area contributed by atoms with Crippen molar-refractivity contribution in [1.29, 1.82) is 0 Å². The van der Waals surface area contributed by atoms with E-state index in [1.807, 2.05) is 18.2 Å². The molecular weight excluding hydrogens is 286 g/mol. The number of hydrogen-bond acceptors (Lipinski definition) is 4. The van der Waals surface area contributed by atoms with Crippen LogP contribution in [-0.4, -0.2) is 37.2 Å². The van der Waals surface area contributed by atoms with Gasteiger partial charge in [0.05, 0.1) is 18.4 Å². The zero-order valence-corrected chi connectivity index (χ0v) is 13.0. The Labute approximate surface area is 129 Å². The summed E-state index contributed by atoms with van der Waals surface area (Å²) < 4.78 is 10.8. The Morgan fingerprint density at radius 1 is 1.45 bits per heavy atom. The van der Waals surface area contributed by atoms with Crippen LogP contribution in [-0.2, 0) is 16.0 Å². The maximum atomic E-state index is 12.2. The van der Waals surface area contributed by atoms with E-state index in [2.05, 4.69) is 5.32 Å². The van der Waals surface area contributed by atoms with Crippen molar-refractivity contribution in [2.75, 3.05) is 20.3 Å². The van der Waals surface area contributed by atoms with Crippen LogP contribution in [0.3, 0.4) is 0 Å². The van der Waals surface area contributed by atoms with Crippen LogP contribution in [0.5, 0.6) is 11.5 Å². The zero-order valence-electron chi connectivity index (χ0n) is 13.0. The molecule has 22 heavy (non-hydrogen) atoms. The van der Waals surface area contributed by atoms with Crippen molar-refractivity contribution in [1.82, 2.24) is 5.32 Å². The molecule has 0 radical (unpaired) electrons. The molecule has 120 valence electrons. The first-order valence-electron chi connectivity index (χ1n) is 7.14. The third-order valence-electron chi connectivity index (χ3n) is 3.83. The molecule has 1 aromatic carbocycles. The summed E-state index contributed by atoms with van der Waals surface area (Å²) in [6.07, 6.45) is 0.547. The first kappa shape index (κ1) is 16.1. The van der Waals surface area contributed by atoms with Crippen molar-refractivity contribution in [2.24, 2.45) is 11.3 Å². The number of aliphatic carboxylic acids is 1. The molecule has 2 N–H and O–H groups in total. The van der Waals surface area contributed by atoms with Gasteiger partial charge in [0.25, 0.3) is 0 Å². The van der Waals surface area contributed by atoms with Crippen LogP contribution >= 0.6 is 0 Å². The van der Waals surface area contributed by atoms with Gasteiger partial charge >= 0.3 is 5.97 Å². The van der Waals surface area contributed by atoms with E-state index in [4.69, 9.17) is 14.6 Å². The fraction of sp³-hybridized carbons (Fsp3) is 0.500. The maximum absolute atomic E-state index is 12.2. The highest BCUT2D eigenvalue weighted by atomic mass is 16.5. The average Bonchev–Trinajstić information content (AvgIpc) is 2.51. The van der Waals surface area contributed by atoms with Crippen molar-refractivity contribution >= 4 is 11.9 Å². The van der Waals surface area contributed by atoms with Gasteiger partial charge in [-0.2, -0.15) is 0 Å². The predicted octanol–water partition coefficient (Wildman–Crippen LogP) is 1.47. The van der Waals surface area contributed by atoms with Crippen LogP contribution in [0.2, 0.25) is 0 Å². The Balaban J connectivity index is 1.99. The number of fused-ring (bicyclic) bond motifs is 1. The van der Waals surface area contributed by atoms with Gasteiger partial charge in [-0.3, -0.25) is 9.59 Å². The van der Waals surface area contributed by atoms with Crippen LogP contribution in [0.4, 0.5) is 0 Å². The predicted molar refractivity (Wildman–Crippen MR) is 80.1 cm³/mol. The van der Waals surface area contributed by atoms with Crippen LogP contribution in [0.1, 0.15) is 19.4 Å². The standard InChI is InChI=1S/C16H21NO5/c1-16(2,15(19)20)9-17-14(18)11-6-10-7-12(21-3)4-5-13(10)22-8-11/h4-5,7,11H,6,8-9H2,1-3H3,(H,17,18)(H,19,20). The number of carbonyl (C=O) groups is 2. The summed E-state index contributed by atoms with van der Waals surface area (Å²) in [5, 5.41) is 11.8. The molecule has 6 heteroatoms. The molecule has 1 aromatic rings. The Morgan fingerprint density at radius 2 is 2.18 bits per heavy atom. The number of rotatable bonds is 5. The molecule has 0 saturated heterocycles. The number of amides is 1. The van der Waals surface area contributed by atoms with E-state index in [1.165, 1.54) is 0 Å². The van der Waals surface area contributed by atoms with E-state index in [0.717, 1.165) is 17.1 Å². The minimum atomic E-state index is -0.994. The van der Waals surface area contributed by atoms with Gasteiger partial charge in [-0.15, -0.1) is 0 Å². The van der Waals surface area contributed by atoms with E-state index in [1.54, 1.807) is 21.0 Å². The quantitative estimate of drug-likeness (QED) is 0.860. The number of ether oxygens (including phenoxy) is 2. The minimum Gasteiger partial charge on any atom is -0.497 e. The van der Waals surface area contributed by atoms with E-state index < -0.39 is 11.4 Å². The number of methoxy groups -OCH3 is 1. The van der Waals surface area contributed by atoms with Gasteiger partial charge < -0.3 is 19.9 Å². The Hall–Kier alpha value is -2.24. The topological polar surface area (TPSA) is 84.9 Å². The van der Waals surface area contributed by atoms with E-state index >= 15 is 0 Å². The summed E-state index contributed by atoms with van der Waals surface area (Å²) in [6, 6.07) is 5.50. The lowest BCUT2D eigenvalue weighted by Crippen LogP contribution is -2.43. The number of carboxylic acid groups (broad SMARTS) is 1. The third kappa shape index (κ3) is 3.50. The maximum Gasteiger partial charge on any atom is 0.310 e. The SMILES string of the molecule is COc1ccc2c(c1)CC(C(=O)NCC(C)(C)C(=O)O)CO2. The molecule has 0 bridgehead atoms. The van der Waals surface area contributed by atoms with Crippen LogP contribution in [0, 0.1) is 11.3 Å². The van der Waals surface area contributed by atoms with Crippen molar-refractivity contribution in [3.63, 3.8) is 0 Å². The lowest BCUT2D eigenvalue weighted by molar-refractivity contribution is -0.146. The molecular formula is C16H21NO5. The van der Waals surface area contributed by atoms with Gasteiger partial charge in [-0.05, 0) is 44.0 Å². The molecule has 2 rings (SSSR count). The summed E-state index contributed by atoms with van der Waals surface area (Å²) >= 11 is 0. The second-order valence-electron chi connectivity index (χ2n) is 6.09. The number of carbonyl (C=O) groups excluding carboxylic acids is 1. The van der Waals surface area contributed by atoms with Crippen molar-refractivity contribution in [2.45, 2.75) is 20.3 Å².